The molecule has 1 atom stereocenters. The van der Waals surface area contributed by atoms with Crippen LogP contribution in [0.3, 0.4) is 0 Å². The van der Waals surface area contributed by atoms with Crippen LogP contribution in [0, 0.1) is 6.92 Å². The van der Waals surface area contributed by atoms with E-state index in [4.69, 9.17) is 4.98 Å². The van der Waals surface area contributed by atoms with Gasteiger partial charge < -0.3 is 9.47 Å². The van der Waals surface area contributed by atoms with Gasteiger partial charge in [-0.25, -0.2) is 4.98 Å². The van der Waals surface area contributed by atoms with Crippen LogP contribution in [-0.4, -0.2) is 22.0 Å². The van der Waals surface area contributed by atoms with Gasteiger partial charge in [-0.15, -0.1) is 0 Å². The molecule has 2 heterocycles. The van der Waals surface area contributed by atoms with Gasteiger partial charge in [-0.1, -0.05) is 42.5 Å². The van der Waals surface area contributed by atoms with Gasteiger partial charge >= 0.3 is 0 Å². The van der Waals surface area contributed by atoms with Gasteiger partial charge in [0.1, 0.15) is 5.82 Å². The Morgan fingerprint density at radius 2 is 1.92 bits per heavy atom. The maximum Gasteiger partial charge on any atom is 0.227 e. The average Bonchev–Trinajstić information content (AvgIpc) is 3.16. The topological polar surface area (TPSA) is 38.1 Å². The highest BCUT2D eigenvalue weighted by molar-refractivity contribution is 5.97. The fraction of sp³-hybridized carbons (Fsp3) is 0.273. The number of hydrogen-bond donors (Lipinski definition) is 0. The lowest BCUT2D eigenvalue weighted by Gasteiger charge is -2.19. The third-order valence-corrected chi connectivity index (χ3v) is 5.01. The monoisotopic (exact) mass is 345 g/mol. The Hall–Kier alpha value is -2.88. The predicted molar refractivity (Wildman–Crippen MR) is 105 cm³/mol. The normalized spacial score (nSPS) is 17.2. The lowest BCUT2D eigenvalue weighted by molar-refractivity contribution is -0.117. The van der Waals surface area contributed by atoms with E-state index < -0.39 is 0 Å². The first-order valence-corrected chi connectivity index (χ1v) is 9.00. The molecule has 0 unspecified atom stereocenters. The molecule has 0 spiro atoms. The highest BCUT2D eigenvalue weighted by Crippen LogP contribution is 2.34. The average molecular weight is 345 g/mol. The maximum atomic E-state index is 12.7. The Morgan fingerprint density at radius 1 is 1.19 bits per heavy atom. The zero-order chi connectivity index (χ0) is 18.3. The van der Waals surface area contributed by atoms with Crippen molar-refractivity contribution in [2.24, 2.45) is 0 Å². The highest BCUT2D eigenvalue weighted by Gasteiger charge is 2.35. The Labute approximate surface area is 153 Å². The van der Waals surface area contributed by atoms with Crippen LogP contribution in [0.25, 0.3) is 11.0 Å². The molecule has 1 aliphatic rings. The molecule has 1 amide bonds. The standard InChI is InChI=1S/C22H23N3O/c1-15(2)13-25-20-11-7-5-9-18(20)23-22(25)17-12-21(26)24(14-17)19-10-6-4-8-16(19)3/h4-11,17H,1,12-14H2,2-3H3/t17-/m1/s1. The van der Waals surface area contributed by atoms with Crippen molar-refractivity contribution in [3.63, 3.8) is 0 Å². The van der Waals surface area contributed by atoms with Crippen LogP contribution in [0.5, 0.6) is 0 Å². The number of aromatic nitrogens is 2. The number of allylic oxidation sites excluding steroid dienone is 1. The molecule has 1 aliphatic heterocycles. The van der Waals surface area contributed by atoms with Crippen molar-refractivity contribution in [3.05, 3.63) is 72.1 Å². The summed E-state index contributed by atoms with van der Waals surface area (Å²) in [6.45, 7) is 9.54. The number of nitrogens with zero attached hydrogens (tertiary/aromatic N) is 3. The zero-order valence-electron chi connectivity index (χ0n) is 15.3. The van der Waals surface area contributed by atoms with E-state index in [1.165, 1.54) is 0 Å². The summed E-state index contributed by atoms with van der Waals surface area (Å²) in [7, 11) is 0. The highest BCUT2D eigenvalue weighted by atomic mass is 16.2. The number of para-hydroxylation sites is 3. The summed E-state index contributed by atoms with van der Waals surface area (Å²) in [6.07, 6.45) is 0.494. The molecule has 0 aliphatic carbocycles. The van der Waals surface area contributed by atoms with Gasteiger partial charge in [-0.3, -0.25) is 4.79 Å². The summed E-state index contributed by atoms with van der Waals surface area (Å²) in [4.78, 5) is 19.5. The van der Waals surface area contributed by atoms with Crippen LogP contribution < -0.4 is 4.90 Å². The summed E-state index contributed by atoms with van der Waals surface area (Å²) < 4.78 is 2.22. The molecule has 4 heteroatoms. The molecule has 3 aromatic rings. The number of rotatable bonds is 4. The molecule has 0 radical (unpaired) electrons. The zero-order valence-corrected chi connectivity index (χ0v) is 15.3. The Bertz CT molecular complexity index is 1000. The molecule has 26 heavy (non-hydrogen) atoms. The molecule has 1 saturated heterocycles. The van der Waals surface area contributed by atoms with Gasteiger partial charge in [-0.2, -0.15) is 0 Å². The van der Waals surface area contributed by atoms with E-state index in [1.807, 2.05) is 61.2 Å². The second-order valence-electron chi connectivity index (χ2n) is 7.19. The number of aryl methyl sites for hydroxylation is 1. The summed E-state index contributed by atoms with van der Waals surface area (Å²) >= 11 is 0. The van der Waals surface area contributed by atoms with Crippen molar-refractivity contribution >= 4 is 22.6 Å². The molecular weight excluding hydrogens is 322 g/mol. The molecule has 4 rings (SSSR count). The Balaban J connectivity index is 1.73. The Morgan fingerprint density at radius 3 is 2.69 bits per heavy atom. The first kappa shape index (κ1) is 16.6. The fourth-order valence-corrected chi connectivity index (χ4v) is 3.82. The number of carbonyl (C=O) groups excluding carboxylic acids is 1. The second kappa shape index (κ2) is 6.45. The van der Waals surface area contributed by atoms with E-state index >= 15 is 0 Å². The van der Waals surface area contributed by atoms with Crippen molar-refractivity contribution in [2.45, 2.75) is 32.7 Å². The van der Waals surface area contributed by atoms with Crippen molar-refractivity contribution in [1.82, 2.24) is 9.55 Å². The number of hydrogen-bond acceptors (Lipinski definition) is 2. The van der Waals surface area contributed by atoms with Crippen molar-refractivity contribution in [1.29, 1.82) is 0 Å². The van der Waals surface area contributed by atoms with Gasteiger partial charge in [0, 0.05) is 31.1 Å². The first-order valence-electron chi connectivity index (χ1n) is 9.00. The van der Waals surface area contributed by atoms with Crippen molar-refractivity contribution < 1.29 is 4.79 Å². The number of benzene rings is 2. The molecule has 0 bridgehead atoms. The number of carbonyl (C=O) groups is 1. The summed E-state index contributed by atoms with van der Waals surface area (Å²) in [5, 5.41) is 0. The second-order valence-corrected chi connectivity index (χ2v) is 7.19. The number of fused-ring (bicyclic) bond motifs is 1. The largest absolute Gasteiger partial charge is 0.324 e. The van der Waals surface area contributed by atoms with Gasteiger partial charge in [0.25, 0.3) is 0 Å². The van der Waals surface area contributed by atoms with E-state index in [1.54, 1.807) is 0 Å². The SMILES string of the molecule is C=C(C)Cn1c([C@@H]2CC(=O)N(c3ccccc3C)C2)nc2ccccc21. The van der Waals surface area contributed by atoms with Crippen molar-refractivity contribution in [2.75, 3.05) is 11.4 Å². The number of anilines is 1. The van der Waals surface area contributed by atoms with E-state index in [0.717, 1.165) is 40.2 Å². The molecule has 4 nitrogen and oxygen atoms in total. The smallest absolute Gasteiger partial charge is 0.227 e. The quantitative estimate of drug-likeness (QED) is 0.656. The lowest BCUT2D eigenvalue weighted by atomic mass is 10.1. The lowest BCUT2D eigenvalue weighted by Crippen LogP contribution is -2.25. The molecule has 2 aromatic carbocycles. The predicted octanol–water partition coefficient (Wildman–Crippen LogP) is 4.44. The fourth-order valence-electron chi connectivity index (χ4n) is 3.82. The van der Waals surface area contributed by atoms with Crippen LogP contribution in [0.4, 0.5) is 5.69 Å². The van der Waals surface area contributed by atoms with E-state index in [9.17, 15) is 4.79 Å². The van der Waals surface area contributed by atoms with Gasteiger partial charge in [0.05, 0.1) is 11.0 Å². The molecule has 0 saturated carbocycles. The number of amides is 1. The van der Waals surface area contributed by atoms with Crippen LogP contribution in [0.1, 0.15) is 30.7 Å². The summed E-state index contributed by atoms with van der Waals surface area (Å²) in [5.74, 6) is 1.24. The summed E-state index contributed by atoms with van der Waals surface area (Å²) in [6, 6.07) is 16.2. The molecular formula is C22H23N3O. The first-order chi connectivity index (χ1) is 12.5. The Kier molecular flexibility index (Phi) is 4.11. The summed E-state index contributed by atoms with van der Waals surface area (Å²) in [5.41, 5.74) is 5.28. The minimum absolute atomic E-state index is 0.0915. The minimum atomic E-state index is 0.0915. The molecule has 132 valence electrons. The minimum Gasteiger partial charge on any atom is -0.324 e. The number of imidazole rings is 1. The third-order valence-electron chi connectivity index (χ3n) is 5.01. The van der Waals surface area contributed by atoms with Crippen molar-refractivity contribution in [3.8, 4) is 0 Å². The molecule has 1 aromatic heterocycles. The van der Waals surface area contributed by atoms with E-state index in [-0.39, 0.29) is 11.8 Å². The maximum absolute atomic E-state index is 12.7. The van der Waals surface area contributed by atoms with Crippen LogP contribution in [-0.2, 0) is 11.3 Å². The van der Waals surface area contributed by atoms with Crippen LogP contribution >= 0.6 is 0 Å². The third kappa shape index (κ3) is 2.81. The van der Waals surface area contributed by atoms with Crippen LogP contribution in [0.15, 0.2) is 60.7 Å². The van der Waals surface area contributed by atoms with Gasteiger partial charge in [-0.05, 0) is 37.6 Å². The van der Waals surface area contributed by atoms with Gasteiger partial charge in [0.2, 0.25) is 5.91 Å². The van der Waals surface area contributed by atoms with Gasteiger partial charge in [0.15, 0.2) is 0 Å². The van der Waals surface area contributed by atoms with E-state index in [2.05, 4.69) is 17.2 Å². The molecule has 1 fully saturated rings. The van der Waals surface area contributed by atoms with E-state index in [0.29, 0.717) is 13.0 Å². The van der Waals surface area contributed by atoms with Crippen LogP contribution in [0.2, 0.25) is 0 Å². The molecule has 0 N–H and O–H groups in total.